The smallest absolute Gasteiger partial charge is 0.329 e. The van der Waals surface area contributed by atoms with E-state index in [0.717, 1.165) is 9.13 Å². The van der Waals surface area contributed by atoms with Crippen molar-refractivity contribution in [2.75, 3.05) is 85.1 Å². The normalized spacial score (nSPS) is 16.0. The Labute approximate surface area is 517 Å². The SMILES string of the molecule is CC(C)(C)OC(=O)CN1CCN(CC(=O)NCCCCC(NC(=O)CC(NC(=O)CC(NC(=O)CCCc2ccc(I)cc2)C(=O)OC(C)(C)C)C(=O)OC(C)(C)C)C(N)=O)CCN(CC(=O)OC(C)(C)C)CCN(CC(=O)OC(C)(C)C)CC1. The number of nitrogens with zero attached hydrogens (tertiary/aromatic N) is 4. The second kappa shape index (κ2) is 35.3. The lowest BCUT2D eigenvalue weighted by molar-refractivity contribution is -0.161. The number of rotatable bonds is 27. The fraction of sp³-hybridized carbons (Fsp3) is 0.733. The van der Waals surface area contributed by atoms with E-state index >= 15 is 0 Å². The first-order valence-corrected chi connectivity index (χ1v) is 30.4. The van der Waals surface area contributed by atoms with Crippen molar-refractivity contribution in [1.29, 1.82) is 0 Å². The van der Waals surface area contributed by atoms with Crippen molar-refractivity contribution in [2.24, 2.45) is 5.73 Å². The van der Waals surface area contributed by atoms with E-state index in [1.54, 1.807) is 104 Å². The molecule has 0 saturated carbocycles. The number of primary amides is 1. The standard InChI is InChI=1S/C60H100IN9O15/c1-56(2,3)81-50(75)38-68-29-27-67(28-30-69(39-51(76)82-57(4,5)6)32-34-70(33-31-68)40-52(77)83-58(7,8)9)37-49(74)63-26-17-16-20-43(53(62)78)64-47(72)36-45(55(80)85-60(13,14)15)66-48(73)35-44(54(79)84-59(10,11)12)65-46(71)21-18-19-41-22-24-42(61)25-23-41/h22-25,43-45H,16-21,26-40H2,1-15H3,(H2,62,78)(H,63,74)(H,64,72)(H,65,71)(H,66,73). The highest BCUT2D eigenvalue weighted by atomic mass is 127. The lowest BCUT2D eigenvalue weighted by Crippen LogP contribution is -2.52. The molecule has 0 bridgehead atoms. The van der Waals surface area contributed by atoms with Crippen LogP contribution in [-0.2, 0) is 78.1 Å². The van der Waals surface area contributed by atoms with E-state index in [1.807, 2.05) is 43.9 Å². The van der Waals surface area contributed by atoms with Crippen LogP contribution >= 0.6 is 22.6 Å². The molecule has 2 rings (SSSR count). The van der Waals surface area contributed by atoms with Crippen LogP contribution in [0.5, 0.6) is 0 Å². The molecule has 1 fully saturated rings. The summed E-state index contributed by atoms with van der Waals surface area (Å²) < 4.78 is 29.1. The zero-order valence-corrected chi connectivity index (χ0v) is 55.4. The number of aryl methyl sites for hydroxylation is 1. The van der Waals surface area contributed by atoms with Crippen molar-refractivity contribution in [1.82, 2.24) is 40.9 Å². The van der Waals surface area contributed by atoms with Crippen molar-refractivity contribution < 1.29 is 71.6 Å². The number of esters is 5. The van der Waals surface area contributed by atoms with Gasteiger partial charge in [0.05, 0.1) is 39.0 Å². The number of halogens is 1. The van der Waals surface area contributed by atoms with Crippen LogP contribution in [0.1, 0.15) is 154 Å². The molecular weight excluding hydrogens is 1210 g/mol. The molecule has 1 aromatic rings. The molecule has 1 aromatic carbocycles. The van der Waals surface area contributed by atoms with Gasteiger partial charge in [-0.2, -0.15) is 0 Å². The van der Waals surface area contributed by atoms with Gasteiger partial charge in [0, 0.05) is 68.9 Å². The lowest BCUT2D eigenvalue weighted by Gasteiger charge is -2.34. The average Bonchev–Trinajstić information content (AvgIpc) is 3.55. The molecule has 482 valence electrons. The number of hydrogen-bond acceptors (Lipinski definition) is 19. The van der Waals surface area contributed by atoms with Gasteiger partial charge in [0.25, 0.3) is 0 Å². The maximum absolute atomic E-state index is 13.6. The Hall–Kier alpha value is -5.51. The Morgan fingerprint density at radius 1 is 0.459 bits per heavy atom. The van der Waals surface area contributed by atoms with E-state index in [1.165, 1.54) is 0 Å². The third-order valence-electron chi connectivity index (χ3n) is 12.2. The van der Waals surface area contributed by atoms with Crippen LogP contribution in [0.3, 0.4) is 0 Å². The second-order valence-corrected chi connectivity index (χ2v) is 27.7. The molecule has 6 N–H and O–H groups in total. The first-order chi connectivity index (χ1) is 39.1. The number of nitrogens with one attached hydrogen (secondary N) is 4. The van der Waals surface area contributed by atoms with Gasteiger partial charge >= 0.3 is 29.8 Å². The zero-order chi connectivity index (χ0) is 64.5. The summed E-state index contributed by atoms with van der Waals surface area (Å²) in [7, 11) is 0. The summed E-state index contributed by atoms with van der Waals surface area (Å²) in [6.45, 7) is 28.8. The van der Waals surface area contributed by atoms with E-state index in [0.29, 0.717) is 78.0 Å². The number of amides is 5. The summed E-state index contributed by atoms with van der Waals surface area (Å²) in [6, 6.07) is 3.62. The van der Waals surface area contributed by atoms with Crippen molar-refractivity contribution in [2.45, 2.75) is 201 Å². The van der Waals surface area contributed by atoms with E-state index < -0.39 is 112 Å². The van der Waals surface area contributed by atoms with Gasteiger partial charge in [-0.1, -0.05) is 12.1 Å². The Morgan fingerprint density at radius 2 is 0.800 bits per heavy atom. The minimum atomic E-state index is -1.59. The van der Waals surface area contributed by atoms with E-state index in [2.05, 4.69) is 43.9 Å². The molecule has 0 aliphatic carbocycles. The van der Waals surface area contributed by atoms with Gasteiger partial charge in [-0.15, -0.1) is 0 Å². The summed E-state index contributed by atoms with van der Waals surface area (Å²) in [5, 5.41) is 10.5. The predicted molar refractivity (Wildman–Crippen MR) is 328 cm³/mol. The zero-order valence-electron chi connectivity index (χ0n) is 53.3. The minimum Gasteiger partial charge on any atom is -0.459 e. The summed E-state index contributed by atoms with van der Waals surface area (Å²) in [5.74, 6) is -6.48. The van der Waals surface area contributed by atoms with Crippen molar-refractivity contribution >= 4 is 82.0 Å². The highest BCUT2D eigenvalue weighted by Crippen LogP contribution is 2.16. The van der Waals surface area contributed by atoms with Gasteiger partial charge in [0.2, 0.25) is 29.5 Å². The number of nitrogens with two attached hydrogens (primary N) is 1. The Balaban J connectivity index is 2.17. The summed E-state index contributed by atoms with van der Waals surface area (Å²) in [4.78, 5) is 140. The fourth-order valence-corrected chi connectivity index (χ4v) is 8.87. The largest absolute Gasteiger partial charge is 0.459 e. The van der Waals surface area contributed by atoms with Gasteiger partial charge in [0.15, 0.2) is 0 Å². The van der Waals surface area contributed by atoms with E-state index in [9.17, 15) is 47.9 Å². The summed E-state index contributed by atoms with van der Waals surface area (Å²) >= 11 is 2.20. The molecule has 24 nitrogen and oxygen atoms in total. The average molecular weight is 1310 g/mol. The quantitative estimate of drug-likeness (QED) is 0.0364. The molecule has 3 unspecified atom stereocenters. The molecule has 3 atom stereocenters. The molecule has 1 saturated heterocycles. The Morgan fingerprint density at radius 3 is 1.15 bits per heavy atom. The molecule has 0 aromatic heterocycles. The van der Waals surface area contributed by atoms with Crippen LogP contribution in [-0.4, -0.2) is 210 Å². The van der Waals surface area contributed by atoms with Crippen molar-refractivity contribution in [3.05, 3.63) is 33.4 Å². The van der Waals surface area contributed by atoms with Crippen molar-refractivity contribution in [3.63, 3.8) is 0 Å². The van der Waals surface area contributed by atoms with Gasteiger partial charge in [-0.05, 0) is 176 Å². The summed E-state index contributed by atoms with van der Waals surface area (Å²) in [5.41, 5.74) is 2.60. The van der Waals surface area contributed by atoms with E-state index in [4.69, 9.17) is 29.4 Å². The van der Waals surface area contributed by atoms with Crippen LogP contribution in [0, 0.1) is 3.57 Å². The number of ether oxygens (including phenoxy) is 5. The second-order valence-electron chi connectivity index (χ2n) is 26.4. The number of benzene rings is 1. The third-order valence-corrected chi connectivity index (χ3v) is 12.9. The molecule has 5 amide bonds. The van der Waals surface area contributed by atoms with Crippen LogP contribution in [0.25, 0.3) is 0 Å². The molecule has 25 heteroatoms. The van der Waals surface area contributed by atoms with E-state index in [-0.39, 0.29) is 51.5 Å². The number of unbranched alkanes of at least 4 members (excludes halogenated alkanes) is 1. The number of carbonyl (C=O) groups is 10. The molecule has 0 radical (unpaired) electrons. The van der Waals surface area contributed by atoms with Crippen LogP contribution in [0.2, 0.25) is 0 Å². The fourth-order valence-electron chi connectivity index (χ4n) is 8.51. The highest BCUT2D eigenvalue weighted by Gasteiger charge is 2.34. The summed E-state index contributed by atoms with van der Waals surface area (Å²) in [6.07, 6.45) is 0.540. The Kier molecular flexibility index (Phi) is 31.4. The lowest BCUT2D eigenvalue weighted by atomic mass is 10.1. The topological polar surface area (TPSA) is 304 Å². The maximum Gasteiger partial charge on any atom is 0.329 e. The maximum atomic E-state index is 13.6. The molecule has 85 heavy (non-hydrogen) atoms. The number of hydrogen-bond donors (Lipinski definition) is 5. The third kappa shape index (κ3) is 36.9. The van der Waals surface area contributed by atoms with Gasteiger partial charge in [0.1, 0.15) is 46.1 Å². The minimum absolute atomic E-state index is 0.0119. The highest BCUT2D eigenvalue weighted by molar-refractivity contribution is 14.1. The molecule has 0 spiro atoms. The van der Waals surface area contributed by atoms with Crippen molar-refractivity contribution in [3.8, 4) is 0 Å². The number of carbonyl (C=O) groups excluding carboxylic acids is 10. The monoisotopic (exact) mass is 1310 g/mol. The van der Waals surface area contributed by atoms with Crippen LogP contribution in [0.4, 0.5) is 0 Å². The molecule has 1 aliphatic heterocycles. The Bertz CT molecular complexity index is 2330. The van der Waals surface area contributed by atoms with Gasteiger partial charge < -0.3 is 50.7 Å². The van der Waals surface area contributed by atoms with Crippen LogP contribution in [0.15, 0.2) is 24.3 Å². The molecular formula is C60H100IN9O15. The molecule has 1 heterocycles. The van der Waals surface area contributed by atoms with Gasteiger partial charge in [-0.3, -0.25) is 58.0 Å². The first kappa shape index (κ1) is 75.6. The first-order valence-electron chi connectivity index (χ1n) is 29.3. The molecule has 1 aliphatic rings. The van der Waals surface area contributed by atoms with Crippen LogP contribution < -0.4 is 27.0 Å². The predicted octanol–water partition coefficient (Wildman–Crippen LogP) is 3.55. The van der Waals surface area contributed by atoms with Gasteiger partial charge in [-0.25, -0.2) is 9.59 Å².